The van der Waals surface area contributed by atoms with Crippen LogP contribution in [-0.4, -0.2) is 41.8 Å². The zero-order valence-electron chi connectivity index (χ0n) is 9.97. The molecule has 0 spiro atoms. The predicted molar refractivity (Wildman–Crippen MR) is 68.9 cm³/mol. The fraction of sp³-hybridized carbons (Fsp3) is 0.778. The summed E-state index contributed by atoms with van der Waals surface area (Å²) in [6, 6.07) is -0.796. The van der Waals surface area contributed by atoms with E-state index in [4.69, 9.17) is 44.3 Å². The van der Waals surface area contributed by atoms with Gasteiger partial charge in [0.25, 0.3) is 9.70 Å². The summed E-state index contributed by atoms with van der Waals surface area (Å²) in [6.45, 7) is 4.51. The molecule has 0 saturated carbocycles. The van der Waals surface area contributed by atoms with Crippen LogP contribution in [0.2, 0.25) is 0 Å². The van der Waals surface area contributed by atoms with Gasteiger partial charge in [-0.1, -0.05) is 34.8 Å². The number of carbonyl (C=O) groups excluding carboxylic acids is 2. The molecule has 0 bridgehead atoms. The fourth-order valence-electron chi connectivity index (χ4n) is 0.932. The van der Waals surface area contributed by atoms with Crippen molar-refractivity contribution in [2.24, 2.45) is 0 Å². The standard InChI is InChI=1S/C9H15Cl3N2O4/c1-3-17-6(18-4-2)5-13-8(16)14-7(15)9(10,11)12/h6H,3-5H2,1-2H3,(H2,13,14,15,16). The Morgan fingerprint density at radius 3 is 2.06 bits per heavy atom. The lowest BCUT2D eigenvalue weighted by molar-refractivity contribution is -0.131. The van der Waals surface area contributed by atoms with Gasteiger partial charge >= 0.3 is 6.03 Å². The molecule has 106 valence electrons. The molecule has 3 amide bonds. The SMILES string of the molecule is CCOC(CNC(=O)NC(=O)C(Cl)(Cl)Cl)OCC. The minimum atomic E-state index is -2.18. The first-order valence-electron chi connectivity index (χ1n) is 5.20. The Kier molecular flexibility index (Phi) is 8.64. The number of rotatable bonds is 6. The number of ether oxygens (including phenoxy) is 2. The summed E-state index contributed by atoms with van der Waals surface area (Å²) in [4.78, 5) is 22.4. The van der Waals surface area contributed by atoms with E-state index in [0.29, 0.717) is 13.2 Å². The summed E-state index contributed by atoms with van der Waals surface area (Å²) < 4.78 is 8.17. The third-order valence-electron chi connectivity index (χ3n) is 1.62. The molecule has 9 heteroatoms. The zero-order chi connectivity index (χ0) is 14.2. The molecule has 18 heavy (non-hydrogen) atoms. The van der Waals surface area contributed by atoms with E-state index < -0.39 is 22.0 Å². The average Bonchev–Trinajstić information content (AvgIpc) is 2.25. The molecule has 0 aromatic carbocycles. The Balaban J connectivity index is 4.05. The Hall–Kier alpha value is -0.270. The van der Waals surface area contributed by atoms with Gasteiger partial charge in [0, 0.05) is 13.2 Å². The molecule has 2 N–H and O–H groups in total. The molecule has 6 nitrogen and oxygen atoms in total. The summed E-state index contributed by atoms with van der Waals surface area (Å²) in [5.41, 5.74) is 0. The van der Waals surface area contributed by atoms with Gasteiger partial charge in [-0.15, -0.1) is 0 Å². The van der Waals surface area contributed by atoms with Crippen LogP contribution in [0.1, 0.15) is 13.8 Å². The van der Waals surface area contributed by atoms with Crippen molar-refractivity contribution in [3.05, 3.63) is 0 Å². The van der Waals surface area contributed by atoms with Crippen LogP contribution >= 0.6 is 34.8 Å². The van der Waals surface area contributed by atoms with Crippen LogP contribution < -0.4 is 10.6 Å². The lowest BCUT2D eigenvalue weighted by atomic mass is 10.5. The predicted octanol–water partition coefficient (Wildman–Crippen LogP) is 1.58. The number of nitrogens with one attached hydrogen (secondary N) is 2. The Morgan fingerprint density at radius 1 is 1.17 bits per heavy atom. The average molecular weight is 322 g/mol. The topological polar surface area (TPSA) is 76.7 Å². The van der Waals surface area contributed by atoms with E-state index in [1.54, 1.807) is 13.8 Å². The number of amides is 3. The maximum Gasteiger partial charge on any atom is 0.321 e. The minimum absolute atomic E-state index is 0.0701. The maximum absolute atomic E-state index is 11.3. The molecule has 0 aromatic heterocycles. The van der Waals surface area contributed by atoms with E-state index in [1.807, 2.05) is 5.32 Å². The van der Waals surface area contributed by atoms with Crippen LogP contribution in [-0.2, 0) is 14.3 Å². The van der Waals surface area contributed by atoms with Gasteiger partial charge < -0.3 is 14.8 Å². The highest BCUT2D eigenvalue weighted by Gasteiger charge is 2.32. The van der Waals surface area contributed by atoms with E-state index in [9.17, 15) is 9.59 Å². The highest BCUT2D eigenvalue weighted by atomic mass is 35.6. The van der Waals surface area contributed by atoms with Gasteiger partial charge in [0.15, 0.2) is 6.29 Å². The Bertz CT molecular complexity index is 277. The van der Waals surface area contributed by atoms with Crippen LogP contribution in [0.5, 0.6) is 0 Å². The van der Waals surface area contributed by atoms with Gasteiger partial charge in [-0.25, -0.2) is 4.79 Å². The molecule has 0 aliphatic carbocycles. The first-order chi connectivity index (χ1) is 8.31. The quantitative estimate of drug-likeness (QED) is 0.575. The lowest BCUT2D eigenvalue weighted by Gasteiger charge is -2.18. The van der Waals surface area contributed by atoms with Crippen molar-refractivity contribution >= 4 is 46.7 Å². The number of urea groups is 1. The van der Waals surface area contributed by atoms with Crippen molar-refractivity contribution in [1.82, 2.24) is 10.6 Å². The normalized spacial score (nSPS) is 11.4. The molecule has 0 aromatic rings. The second-order valence-corrected chi connectivity index (χ2v) is 5.28. The number of carbonyl (C=O) groups is 2. The zero-order valence-corrected chi connectivity index (χ0v) is 12.2. The highest BCUT2D eigenvalue weighted by molar-refractivity contribution is 6.76. The molecule has 0 unspecified atom stereocenters. The first-order valence-corrected chi connectivity index (χ1v) is 6.33. The molecule has 0 atom stereocenters. The van der Waals surface area contributed by atoms with Crippen molar-refractivity contribution in [3.8, 4) is 0 Å². The van der Waals surface area contributed by atoms with Gasteiger partial charge in [0.2, 0.25) is 0 Å². The van der Waals surface area contributed by atoms with E-state index in [1.165, 1.54) is 0 Å². The third kappa shape index (κ3) is 7.94. The molecule has 0 saturated heterocycles. The Morgan fingerprint density at radius 2 is 1.67 bits per heavy atom. The first kappa shape index (κ1) is 17.7. The van der Waals surface area contributed by atoms with Crippen molar-refractivity contribution in [3.63, 3.8) is 0 Å². The molecule has 0 radical (unpaired) electrons. The molecule has 0 aliphatic rings. The van der Waals surface area contributed by atoms with E-state index >= 15 is 0 Å². The smallest absolute Gasteiger partial charge is 0.321 e. The van der Waals surface area contributed by atoms with Crippen molar-refractivity contribution in [1.29, 1.82) is 0 Å². The number of imide groups is 1. The second-order valence-electron chi connectivity index (χ2n) is 3.00. The van der Waals surface area contributed by atoms with Crippen molar-refractivity contribution < 1.29 is 19.1 Å². The van der Waals surface area contributed by atoms with Gasteiger partial charge in [-0.3, -0.25) is 10.1 Å². The summed E-state index contributed by atoms with van der Waals surface area (Å²) in [5, 5.41) is 4.22. The Labute approximate surface area is 120 Å². The fourth-order valence-corrected chi connectivity index (χ4v) is 1.07. The van der Waals surface area contributed by atoms with Crippen LogP contribution in [0.4, 0.5) is 4.79 Å². The largest absolute Gasteiger partial charge is 0.351 e. The number of halogens is 3. The van der Waals surface area contributed by atoms with Gasteiger partial charge in [0.1, 0.15) is 0 Å². The van der Waals surface area contributed by atoms with Crippen LogP contribution in [0.15, 0.2) is 0 Å². The van der Waals surface area contributed by atoms with Gasteiger partial charge in [-0.2, -0.15) is 0 Å². The number of hydrogen-bond donors (Lipinski definition) is 2. The van der Waals surface area contributed by atoms with Crippen LogP contribution in [0, 0.1) is 0 Å². The van der Waals surface area contributed by atoms with Crippen LogP contribution in [0.3, 0.4) is 0 Å². The number of hydrogen-bond acceptors (Lipinski definition) is 4. The second kappa shape index (κ2) is 8.77. The summed E-state index contributed by atoms with van der Waals surface area (Å²) in [5.74, 6) is -1.03. The maximum atomic E-state index is 11.3. The molecule has 0 heterocycles. The summed E-state index contributed by atoms with van der Waals surface area (Å²) in [6.07, 6.45) is -0.589. The lowest BCUT2D eigenvalue weighted by Crippen LogP contribution is -2.47. The third-order valence-corrected chi connectivity index (χ3v) is 2.13. The molecule has 0 fully saturated rings. The molecular formula is C9H15Cl3N2O4. The highest BCUT2D eigenvalue weighted by Crippen LogP contribution is 2.25. The number of alkyl halides is 3. The van der Waals surface area contributed by atoms with E-state index in [-0.39, 0.29) is 6.54 Å². The molecular weight excluding hydrogens is 306 g/mol. The van der Waals surface area contributed by atoms with Crippen molar-refractivity contribution in [2.75, 3.05) is 19.8 Å². The monoisotopic (exact) mass is 320 g/mol. The molecule has 0 rings (SSSR count). The van der Waals surface area contributed by atoms with E-state index in [0.717, 1.165) is 0 Å². The summed E-state index contributed by atoms with van der Waals surface area (Å²) >= 11 is 15.8. The van der Waals surface area contributed by atoms with Gasteiger partial charge in [-0.05, 0) is 13.8 Å². The molecule has 0 aliphatic heterocycles. The van der Waals surface area contributed by atoms with E-state index in [2.05, 4.69) is 5.32 Å². The van der Waals surface area contributed by atoms with Crippen molar-refractivity contribution in [2.45, 2.75) is 23.9 Å². The van der Waals surface area contributed by atoms with Gasteiger partial charge in [0.05, 0.1) is 6.54 Å². The van der Waals surface area contributed by atoms with Crippen LogP contribution in [0.25, 0.3) is 0 Å². The minimum Gasteiger partial charge on any atom is -0.351 e. The summed E-state index contributed by atoms with van der Waals surface area (Å²) in [7, 11) is 0.